The Hall–Kier alpha value is -4.37. The van der Waals surface area contributed by atoms with Crippen molar-refractivity contribution in [1.82, 2.24) is 9.97 Å². The number of carbonyl (C=O) groups is 3. The summed E-state index contributed by atoms with van der Waals surface area (Å²) in [4.78, 5) is 43.6. The number of ketones is 2. The summed E-state index contributed by atoms with van der Waals surface area (Å²) in [5, 5.41) is 0. The van der Waals surface area contributed by atoms with Gasteiger partial charge in [-0.25, -0.2) is 4.21 Å². The van der Waals surface area contributed by atoms with Crippen molar-refractivity contribution in [3.05, 3.63) is 101 Å². The molecule has 4 rings (SSSR count). The number of nitrogens with one attached hydrogen (secondary N) is 1. The normalized spacial score (nSPS) is 12.4. The number of ether oxygens (including phenoxy) is 1. The Morgan fingerprint density at radius 1 is 0.951 bits per heavy atom. The van der Waals surface area contributed by atoms with Crippen LogP contribution in [-0.2, 0) is 32.2 Å². The van der Waals surface area contributed by atoms with Crippen molar-refractivity contribution >= 4 is 27.2 Å². The third kappa shape index (κ3) is 9.08. The van der Waals surface area contributed by atoms with Gasteiger partial charge >= 0.3 is 0 Å². The van der Waals surface area contributed by atoms with Gasteiger partial charge in [0.15, 0.2) is 0 Å². The summed E-state index contributed by atoms with van der Waals surface area (Å²) in [5.41, 5.74) is 4.46. The van der Waals surface area contributed by atoms with Crippen LogP contribution in [0.1, 0.15) is 46.8 Å². The summed E-state index contributed by atoms with van der Waals surface area (Å²) >= 11 is 0. The van der Waals surface area contributed by atoms with Crippen molar-refractivity contribution < 1.29 is 23.3 Å². The molecule has 0 spiro atoms. The molecule has 212 valence electrons. The van der Waals surface area contributed by atoms with E-state index in [9.17, 15) is 18.6 Å². The van der Waals surface area contributed by atoms with E-state index < -0.39 is 15.6 Å². The number of aromatic amines is 1. The van der Waals surface area contributed by atoms with E-state index in [2.05, 4.69) is 14.3 Å². The molecule has 0 aliphatic rings. The van der Waals surface area contributed by atoms with Crippen LogP contribution in [-0.4, -0.2) is 43.7 Å². The second-order valence-corrected chi connectivity index (χ2v) is 12.7. The first kappa shape index (κ1) is 29.6. The van der Waals surface area contributed by atoms with Gasteiger partial charge in [-0.05, 0) is 55.7 Å². The second-order valence-electron chi connectivity index (χ2n) is 10.2. The summed E-state index contributed by atoms with van der Waals surface area (Å²) in [6, 6.07) is 20.4. The summed E-state index contributed by atoms with van der Waals surface area (Å²) in [6.45, 7) is 3.49. The Kier molecular flexibility index (Phi) is 9.62. The number of amides is 1. The number of carbonyl (C=O) groups excluding carboxylic acids is 3. The standard InChI is InChI=1S/C32H33N3O5S/c1-22-6-4-8-25(16-22)18-27(37)17-24-9-11-28(12-10-24)40-29-13-14-33-31(20-29)30-19-26(21-34-30)32(38)35-41(3,39)15-5-7-23(2)36/h4,6,8-14,16,19-21,34H,5,7,15,17-18H2,1-3H3. The van der Waals surface area contributed by atoms with E-state index in [0.717, 1.165) is 16.7 Å². The van der Waals surface area contributed by atoms with Crippen molar-refractivity contribution in [3.8, 4) is 22.9 Å². The van der Waals surface area contributed by atoms with E-state index in [0.29, 0.717) is 48.6 Å². The maximum Gasteiger partial charge on any atom is 0.286 e. The average molecular weight is 572 g/mol. The molecule has 2 aromatic carbocycles. The second kappa shape index (κ2) is 13.3. The molecule has 2 aromatic heterocycles. The molecule has 0 aliphatic heterocycles. The number of pyridine rings is 1. The van der Waals surface area contributed by atoms with Crippen LogP contribution < -0.4 is 4.74 Å². The lowest BCUT2D eigenvalue weighted by molar-refractivity contribution is -0.118. The van der Waals surface area contributed by atoms with E-state index in [1.807, 2.05) is 55.5 Å². The number of H-pyrrole nitrogens is 1. The van der Waals surface area contributed by atoms with Crippen molar-refractivity contribution in [2.45, 2.75) is 39.5 Å². The van der Waals surface area contributed by atoms with Crippen molar-refractivity contribution in [1.29, 1.82) is 0 Å². The SMILES string of the molecule is CC(=O)CCCS(C)(=O)=NC(=O)c1c[nH]c(-c2cc(Oc3ccc(CC(=O)Cc4cccc(C)c4)cc3)ccn2)c1. The van der Waals surface area contributed by atoms with Gasteiger partial charge in [0.2, 0.25) is 0 Å². The Balaban J connectivity index is 1.37. The topological polar surface area (TPSA) is 119 Å². The first-order chi connectivity index (χ1) is 19.6. The molecule has 9 heteroatoms. The maximum absolute atomic E-state index is 12.7. The van der Waals surface area contributed by atoms with Gasteiger partial charge in [0.25, 0.3) is 5.91 Å². The van der Waals surface area contributed by atoms with Crippen LogP contribution in [0.25, 0.3) is 11.4 Å². The highest BCUT2D eigenvalue weighted by molar-refractivity contribution is 7.93. The Bertz CT molecular complexity index is 1680. The number of aromatic nitrogens is 2. The van der Waals surface area contributed by atoms with Gasteiger partial charge in [0.05, 0.1) is 26.7 Å². The molecular formula is C32H33N3O5S. The Labute approximate surface area is 240 Å². The molecule has 0 saturated carbocycles. The van der Waals surface area contributed by atoms with Crippen molar-refractivity contribution in [2.24, 2.45) is 4.36 Å². The smallest absolute Gasteiger partial charge is 0.286 e. The molecule has 0 fully saturated rings. The molecule has 0 bridgehead atoms. The molecule has 4 aromatic rings. The fourth-order valence-electron chi connectivity index (χ4n) is 4.30. The molecule has 1 amide bonds. The minimum absolute atomic E-state index is 0.0126. The lowest BCUT2D eigenvalue weighted by Crippen LogP contribution is -2.08. The number of hydrogen-bond donors (Lipinski definition) is 1. The number of Topliss-reactive ketones (excluding diaryl/α,β-unsaturated/α-hetero) is 2. The van der Waals surface area contributed by atoms with Crippen LogP contribution in [0.15, 0.2) is 83.5 Å². The highest BCUT2D eigenvalue weighted by atomic mass is 32.2. The quantitative estimate of drug-likeness (QED) is 0.218. The molecule has 1 unspecified atom stereocenters. The molecule has 0 aliphatic carbocycles. The van der Waals surface area contributed by atoms with E-state index in [1.165, 1.54) is 19.4 Å². The first-order valence-corrected chi connectivity index (χ1v) is 15.4. The first-order valence-electron chi connectivity index (χ1n) is 13.3. The van der Waals surface area contributed by atoms with E-state index in [-0.39, 0.29) is 22.9 Å². The monoisotopic (exact) mass is 571 g/mol. The number of hydrogen-bond acceptors (Lipinski definition) is 6. The number of rotatable bonds is 12. The van der Waals surface area contributed by atoms with Gasteiger partial charge in [0.1, 0.15) is 23.1 Å². The summed E-state index contributed by atoms with van der Waals surface area (Å²) in [6.07, 6.45) is 6.01. The van der Waals surface area contributed by atoms with Gasteiger partial charge < -0.3 is 14.5 Å². The highest BCUT2D eigenvalue weighted by Gasteiger charge is 2.14. The lowest BCUT2D eigenvalue weighted by atomic mass is 10.0. The predicted molar refractivity (Wildman–Crippen MR) is 160 cm³/mol. The van der Waals surface area contributed by atoms with Crippen LogP contribution in [0.3, 0.4) is 0 Å². The molecular weight excluding hydrogens is 538 g/mol. The van der Waals surface area contributed by atoms with Gasteiger partial charge in [-0.2, -0.15) is 4.36 Å². The fraction of sp³-hybridized carbons (Fsp3) is 0.250. The van der Waals surface area contributed by atoms with Crippen LogP contribution in [0.4, 0.5) is 0 Å². The summed E-state index contributed by atoms with van der Waals surface area (Å²) in [7, 11) is -2.74. The van der Waals surface area contributed by atoms with E-state index in [1.54, 1.807) is 24.4 Å². The predicted octanol–water partition coefficient (Wildman–Crippen LogP) is 6.14. The van der Waals surface area contributed by atoms with Gasteiger partial charge in [0, 0.05) is 49.7 Å². The Morgan fingerprint density at radius 2 is 1.71 bits per heavy atom. The van der Waals surface area contributed by atoms with Crippen LogP contribution in [0.5, 0.6) is 11.5 Å². The average Bonchev–Trinajstić information content (AvgIpc) is 3.40. The minimum Gasteiger partial charge on any atom is -0.457 e. The van der Waals surface area contributed by atoms with Crippen LogP contribution in [0.2, 0.25) is 0 Å². The van der Waals surface area contributed by atoms with E-state index >= 15 is 0 Å². The summed E-state index contributed by atoms with van der Waals surface area (Å²) < 4.78 is 22.5. The number of nitrogens with zero attached hydrogens (tertiary/aromatic N) is 2. The highest BCUT2D eigenvalue weighted by Crippen LogP contribution is 2.26. The third-order valence-corrected chi connectivity index (χ3v) is 7.91. The number of aryl methyl sites for hydroxylation is 1. The molecule has 8 nitrogen and oxygen atoms in total. The van der Waals surface area contributed by atoms with E-state index in [4.69, 9.17) is 4.74 Å². The van der Waals surface area contributed by atoms with Crippen LogP contribution >= 0.6 is 0 Å². The Morgan fingerprint density at radius 3 is 2.44 bits per heavy atom. The minimum atomic E-state index is -2.74. The zero-order valence-corrected chi connectivity index (χ0v) is 24.2. The third-order valence-electron chi connectivity index (χ3n) is 6.31. The van der Waals surface area contributed by atoms with Crippen molar-refractivity contribution in [2.75, 3.05) is 12.0 Å². The maximum atomic E-state index is 12.7. The summed E-state index contributed by atoms with van der Waals surface area (Å²) in [5.74, 6) is 0.912. The molecule has 0 radical (unpaired) electrons. The van der Waals surface area contributed by atoms with Crippen LogP contribution in [0, 0.1) is 6.92 Å². The molecule has 1 N–H and O–H groups in total. The molecule has 1 atom stereocenters. The molecule has 0 saturated heterocycles. The fourth-order valence-corrected chi connectivity index (χ4v) is 5.53. The zero-order valence-electron chi connectivity index (χ0n) is 23.4. The van der Waals surface area contributed by atoms with Gasteiger partial charge in [-0.3, -0.25) is 14.6 Å². The van der Waals surface area contributed by atoms with Gasteiger partial charge in [-0.15, -0.1) is 0 Å². The molecule has 2 heterocycles. The largest absolute Gasteiger partial charge is 0.457 e. The van der Waals surface area contributed by atoms with Gasteiger partial charge in [-0.1, -0.05) is 42.0 Å². The molecule has 41 heavy (non-hydrogen) atoms. The lowest BCUT2D eigenvalue weighted by Gasteiger charge is -2.08. The van der Waals surface area contributed by atoms with Crippen molar-refractivity contribution in [3.63, 3.8) is 0 Å². The zero-order chi connectivity index (χ0) is 29.4. The number of benzene rings is 2.